The third-order valence-electron chi connectivity index (χ3n) is 7.78. The highest BCUT2D eigenvalue weighted by Crippen LogP contribution is 2.43. The van der Waals surface area contributed by atoms with Gasteiger partial charge in [-0.2, -0.15) is 0 Å². The molecule has 7 nitrogen and oxygen atoms in total. The summed E-state index contributed by atoms with van der Waals surface area (Å²) in [6.07, 6.45) is 2.94. The zero-order valence-electron chi connectivity index (χ0n) is 23.1. The molecule has 2 aliphatic rings. The van der Waals surface area contributed by atoms with E-state index in [1.165, 1.54) is 11.1 Å². The lowest BCUT2D eigenvalue weighted by Crippen LogP contribution is -2.40. The molecule has 1 amide bonds. The topological polar surface area (TPSA) is 60.5 Å². The molecular formula is C32H38N2O5. The van der Waals surface area contributed by atoms with Crippen LogP contribution in [0.2, 0.25) is 0 Å². The minimum Gasteiger partial charge on any atom is -0.497 e. The lowest BCUT2D eigenvalue weighted by atomic mass is 9.93. The monoisotopic (exact) mass is 530 g/mol. The fraction of sp³-hybridized carbons (Fsp3) is 0.406. The van der Waals surface area contributed by atoms with Crippen LogP contribution in [0.4, 0.5) is 0 Å². The Morgan fingerprint density at radius 3 is 2.28 bits per heavy atom. The molecule has 39 heavy (non-hydrogen) atoms. The standard InChI is InChI=1S/C32H38N2O5/c1-4-5-16-33(19-23-6-11-27(36-2)12-7-23)32(35)21-34-20-26(25-10-15-30-31(18-25)39-22-38-30)17-29(34)24-8-13-28(37-3)14-9-24/h6-15,18,26,29H,4-5,16-17,19-22H2,1-3H3/t26-,29+/m0/s1. The van der Waals surface area contributed by atoms with Gasteiger partial charge in [0.1, 0.15) is 11.5 Å². The molecule has 1 fully saturated rings. The van der Waals surface area contributed by atoms with Gasteiger partial charge < -0.3 is 23.8 Å². The Hall–Kier alpha value is -3.71. The van der Waals surface area contributed by atoms with E-state index in [2.05, 4.69) is 36.1 Å². The van der Waals surface area contributed by atoms with Gasteiger partial charge in [-0.25, -0.2) is 0 Å². The summed E-state index contributed by atoms with van der Waals surface area (Å²) < 4.78 is 21.9. The molecular weight excluding hydrogens is 492 g/mol. The van der Waals surface area contributed by atoms with Gasteiger partial charge in [-0.3, -0.25) is 9.69 Å². The van der Waals surface area contributed by atoms with Crippen molar-refractivity contribution in [3.05, 3.63) is 83.4 Å². The van der Waals surface area contributed by atoms with Crippen molar-refractivity contribution in [1.82, 2.24) is 9.80 Å². The Balaban J connectivity index is 1.36. The zero-order valence-corrected chi connectivity index (χ0v) is 23.1. The number of benzene rings is 3. The lowest BCUT2D eigenvalue weighted by Gasteiger charge is -2.29. The normalized spacial score (nSPS) is 18.2. The first-order valence-electron chi connectivity index (χ1n) is 13.8. The van der Waals surface area contributed by atoms with E-state index in [1.807, 2.05) is 47.4 Å². The Kier molecular flexibility index (Phi) is 8.57. The predicted molar refractivity (Wildman–Crippen MR) is 151 cm³/mol. The molecule has 2 aliphatic heterocycles. The van der Waals surface area contributed by atoms with Crippen LogP contribution in [-0.4, -0.2) is 56.4 Å². The number of carbonyl (C=O) groups is 1. The summed E-state index contributed by atoms with van der Waals surface area (Å²) in [6.45, 7) is 4.93. The number of carbonyl (C=O) groups excluding carboxylic acids is 1. The minimum atomic E-state index is 0.129. The number of fused-ring (bicyclic) bond motifs is 1. The first-order chi connectivity index (χ1) is 19.1. The highest BCUT2D eigenvalue weighted by atomic mass is 16.7. The fourth-order valence-corrected chi connectivity index (χ4v) is 5.53. The van der Waals surface area contributed by atoms with Crippen LogP contribution in [-0.2, 0) is 11.3 Å². The van der Waals surface area contributed by atoms with E-state index < -0.39 is 0 Å². The average Bonchev–Trinajstić information content (AvgIpc) is 3.62. The number of hydrogen-bond donors (Lipinski definition) is 0. The number of rotatable bonds is 11. The third-order valence-corrected chi connectivity index (χ3v) is 7.78. The van der Waals surface area contributed by atoms with Crippen LogP contribution < -0.4 is 18.9 Å². The van der Waals surface area contributed by atoms with Gasteiger partial charge in [-0.05, 0) is 71.8 Å². The van der Waals surface area contributed by atoms with Crippen LogP contribution in [0.3, 0.4) is 0 Å². The maximum absolute atomic E-state index is 13.8. The van der Waals surface area contributed by atoms with Gasteiger partial charge in [0.2, 0.25) is 12.7 Å². The van der Waals surface area contributed by atoms with Crippen LogP contribution >= 0.6 is 0 Å². The highest BCUT2D eigenvalue weighted by molar-refractivity contribution is 5.78. The molecule has 3 aromatic rings. The summed E-state index contributed by atoms with van der Waals surface area (Å²) in [4.78, 5) is 18.2. The largest absolute Gasteiger partial charge is 0.497 e. The number of likely N-dealkylation sites (tertiary alicyclic amines) is 1. The SMILES string of the molecule is CCCCN(Cc1ccc(OC)cc1)C(=O)CN1C[C@@H](c2ccc3c(c2)OCO3)C[C@@H]1c1ccc(OC)cc1. The van der Waals surface area contributed by atoms with Crippen molar-refractivity contribution in [3.63, 3.8) is 0 Å². The van der Waals surface area contributed by atoms with Gasteiger partial charge >= 0.3 is 0 Å². The Bertz CT molecular complexity index is 1240. The molecule has 2 atom stereocenters. The number of hydrogen-bond acceptors (Lipinski definition) is 6. The molecule has 0 saturated carbocycles. The van der Waals surface area contributed by atoms with E-state index >= 15 is 0 Å². The quantitative estimate of drug-likeness (QED) is 0.313. The van der Waals surface area contributed by atoms with E-state index in [9.17, 15) is 4.79 Å². The molecule has 0 N–H and O–H groups in total. The van der Waals surface area contributed by atoms with E-state index in [0.29, 0.717) is 13.1 Å². The lowest BCUT2D eigenvalue weighted by molar-refractivity contribution is -0.133. The summed E-state index contributed by atoms with van der Waals surface area (Å²) in [7, 11) is 3.34. The highest BCUT2D eigenvalue weighted by Gasteiger charge is 2.36. The van der Waals surface area contributed by atoms with Crippen molar-refractivity contribution in [2.24, 2.45) is 0 Å². The molecule has 5 rings (SSSR count). The molecule has 0 bridgehead atoms. The summed E-state index contributed by atoms with van der Waals surface area (Å²) >= 11 is 0. The molecule has 0 radical (unpaired) electrons. The molecule has 3 aromatic carbocycles. The molecule has 0 unspecified atom stereocenters. The van der Waals surface area contributed by atoms with Crippen LogP contribution in [0.15, 0.2) is 66.7 Å². The van der Waals surface area contributed by atoms with Gasteiger partial charge in [0.15, 0.2) is 11.5 Å². The van der Waals surface area contributed by atoms with Crippen molar-refractivity contribution < 1.29 is 23.7 Å². The predicted octanol–water partition coefficient (Wildman–Crippen LogP) is 5.79. The van der Waals surface area contributed by atoms with Gasteiger partial charge in [-0.15, -0.1) is 0 Å². The first-order valence-corrected chi connectivity index (χ1v) is 13.8. The maximum Gasteiger partial charge on any atom is 0.237 e. The Labute approximate surface area is 231 Å². The van der Waals surface area contributed by atoms with Gasteiger partial charge in [0.25, 0.3) is 0 Å². The van der Waals surface area contributed by atoms with Crippen LogP contribution in [0, 0.1) is 0 Å². The number of ether oxygens (including phenoxy) is 4. The summed E-state index contributed by atoms with van der Waals surface area (Å²) in [5, 5.41) is 0. The van der Waals surface area contributed by atoms with E-state index in [4.69, 9.17) is 18.9 Å². The van der Waals surface area contributed by atoms with Crippen molar-refractivity contribution in [2.75, 3.05) is 40.6 Å². The van der Waals surface area contributed by atoms with Gasteiger partial charge in [0.05, 0.1) is 20.8 Å². The van der Waals surface area contributed by atoms with Crippen molar-refractivity contribution in [1.29, 1.82) is 0 Å². The smallest absolute Gasteiger partial charge is 0.237 e. The summed E-state index contributed by atoms with van der Waals surface area (Å²) in [5.41, 5.74) is 3.52. The van der Waals surface area contributed by atoms with Crippen molar-refractivity contribution in [3.8, 4) is 23.0 Å². The van der Waals surface area contributed by atoms with E-state index in [1.54, 1.807) is 14.2 Å². The number of nitrogens with zero attached hydrogens (tertiary/aromatic N) is 2. The molecule has 2 heterocycles. The molecule has 0 aliphatic carbocycles. The van der Waals surface area contributed by atoms with Crippen molar-refractivity contribution in [2.45, 2.75) is 44.7 Å². The van der Waals surface area contributed by atoms with Crippen LogP contribution in [0.5, 0.6) is 23.0 Å². The number of amides is 1. The molecule has 206 valence electrons. The molecule has 7 heteroatoms. The number of methoxy groups -OCH3 is 2. The van der Waals surface area contributed by atoms with Gasteiger partial charge in [-0.1, -0.05) is 43.7 Å². The Morgan fingerprint density at radius 2 is 1.59 bits per heavy atom. The number of unbranched alkanes of at least 4 members (excludes halogenated alkanes) is 1. The average molecular weight is 531 g/mol. The molecule has 1 saturated heterocycles. The van der Waals surface area contributed by atoms with Crippen LogP contribution in [0.25, 0.3) is 0 Å². The molecule has 0 spiro atoms. The van der Waals surface area contributed by atoms with E-state index in [-0.39, 0.29) is 24.7 Å². The van der Waals surface area contributed by atoms with Crippen molar-refractivity contribution >= 4 is 5.91 Å². The second-order valence-corrected chi connectivity index (χ2v) is 10.3. The zero-order chi connectivity index (χ0) is 27.2. The second-order valence-electron chi connectivity index (χ2n) is 10.3. The first kappa shape index (κ1) is 26.9. The molecule has 0 aromatic heterocycles. The minimum absolute atomic E-state index is 0.129. The van der Waals surface area contributed by atoms with Gasteiger partial charge in [0, 0.05) is 25.7 Å². The summed E-state index contributed by atoms with van der Waals surface area (Å²) in [6, 6.07) is 22.6. The third kappa shape index (κ3) is 6.31. The maximum atomic E-state index is 13.8. The fourth-order valence-electron chi connectivity index (χ4n) is 5.53. The second kappa shape index (κ2) is 12.4. The van der Waals surface area contributed by atoms with E-state index in [0.717, 1.165) is 60.9 Å². The van der Waals surface area contributed by atoms with Crippen LogP contribution in [0.1, 0.15) is 54.8 Å². The summed E-state index contributed by atoms with van der Waals surface area (Å²) in [5.74, 6) is 3.68. The Morgan fingerprint density at radius 1 is 0.923 bits per heavy atom.